The fourth-order valence-corrected chi connectivity index (χ4v) is 2.03. The molecule has 1 fully saturated rings. The number of carbonyl (C=O) groups is 1. The van der Waals surface area contributed by atoms with Gasteiger partial charge in [-0.05, 0) is 12.7 Å². The van der Waals surface area contributed by atoms with Crippen LogP contribution < -0.4 is 10.6 Å². The van der Waals surface area contributed by atoms with E-state index in [1.54, 1.807) is 30.8 Å². The van der Waals surface area contributed by atoms with E-state index >= 15 is 0 Å². The van der Waals surface area contributed by atoms with Crippen LogP contribution in [0, 0.1) is 5.92 Å². The van der Waals surface area contributed by atoms with Gasteiger partial charge in [-0.2, -0.15) is 11.8 Å². The summed E-state index contributed by atoms with van der Waals surface area (Å²) in [5, 5.41) is 6.54. The summed E-state index contributed by atoms with van der Waals surface area (Å²) in [5.41, 5.74) is 0. The third kappa shape index (κ3) is 7.00. The number of carbonyl (C=O) groups excluding carboxylic acids is 1. The van der Waals surface area contributed by atoms with Crippen LogP contribution in [0.5, 0.6) is 0 Å². The van der Waals surface area contributed by atoms with Crippen molar-refractivity contribution < 1.29 is 9.53 Å². The number of likely N-dealkylation sites (N-methyl/N-ethyl adjacent to an activating group) is 1. The van der Waals surface area contributed by atoms with E-state index in [1.807, 2.05) is 0 Å². The Bertz CT molecular complexity index is 317. The summed E-state index contributed by atoms with van der Waals surface area (Å²) < 4.78 is 5.35. The zero-order valence-corrected chi connectivity index (χ0v) is 13.5. The Hall–Kier alpha value is -0.950. The van der Waals surface area contributed by atoms with Gasteiger partial charge in [-0.25, -0.2) is 4.99 Å². The van der Waals surface area contributed by atoms with Crippen LogP contribution in [0.25, 0.3) is 0 Å². The number of hydrogen-bond acceptors (Lipinski definition) is 4. The van der Waals surface area contributed by atoms with Crippen LogP contribution in [-0.4, -0.2) is 75.7 Å². The second-order valence-electron chi connectivity index (χ2n) is 4.98. The predicted octanol–water partition coefficient (Wildman–Crippen LogP) is 0.00930. The summed E-state index contributed by atoms with van der Waals surface area (Å²) in [5.74, 6) is 2.25. The smallest absolute Gasteiger partial charge is 0.243 e. The Morgan fingerprint density at radius 2 is 2.25 bits per heavy atom. The Balaban J connectivity index is 2.40. The molecule has 1 rings (SSSR count). The summed E-state index contributed by atoms with van der Waals surface area (Å²) in [6.07, 6.45) is 3.15. The van der Waals surface area contributed by atoms with Crippen molar-refractivity contribution >= 4 is 23.6 Å². The molecule has 20 heavy (non-hydrogen) atoms. The van der Waals surface area contributed by atoms with Crippen LogP contribution >= 0.6 is 11.8 Å². The number of nitrogens with one attached hydrogen (secondary N) is 2. The number of aliphatic imine (C=N–C) groups is 1. The Morgan fingerprint density at radius 3 is 2.85 bits per heavy atom. The molecule has 1 saturated heterocycles. The zero-order chi connectivity index (χ0) is 14.8. The third-order valence-corrected chi connectivity index (χ3v) is 3.66. The average molecular weight is 302 g/mol. The largest absolute Gasteiger partial charge is 0.381 e. The predicted molar refractivity (Wildman–Crippen MR) is 84.3 cm³/mol. The van der Waals surface area contributed by atoms with E-state index in [4.69, 9.17) is 4.74 Å². The van der Waals surface area contributed by atoms with Gasteiger partial charge in [-0.3, -0.25) is 4.79 Å². The molecule has 1 heterocycles. The van der Waals surface area contributed by atoms with Crippen LogP contribution in [0.2, 0.25) is 0 Å². The lowest BCUT2D eigenvalue weighted by molar-refractivity contribution is -0.127. The summed E-state index contributed by atoms with van der Waals surface area (Å²) >= 11 is 1.78. The number of hydrogen-bond donors (Lipinski definition) is 2. The molecule has 116 valence electrons. The number of thioether (sulfide) groups is 1. The van der Waals surface area contributed by atoms with E-state index in [0.717, 1.165) is 38.5 Å². The standard InChI is InChI=1S/C13H26N4O2S/c1-17(2)12(18)9-16-13(14-5-7-20-3)15-8-11-4-6-19-10-11/h11H,4-10H2,1-3H3,(H2,14,15,16). The van der Waals surface area contributed by atoms with Gasteiger partial charge >= 0.3 is 0 Å². The molecule has 0 saturated carbocycles. The van der Waals surface area contributed by atoms with Gasteiger partial charge in [0, 0.05) is 45.5 Å². The normalized spacial score (nSPS) is 18.9. The van der Waals surface area contributed by atoms with Gasteiger partial charge in [0.1, 0.15) is 6.54 Å². The second-order valence-corrected chi connectivity index (χ2v) is 5.97. The molecular weight excluding hydrogens is 276 g/mol. The van der Waals surface area contributed by atoms with Crippen molar-refractivity contribution in [3.8, 4) is 0 Å². The van der Waals surface area contributed by atoms with Crippen LogP contribution in [-0.2, 0) is 9.53 Å². The molecule has 1 aliphatic rings. The Labute approximate surface area is 125 Å². The summed E-state index contributed by atoms with van der Waals surface area (Å²) in [6, 6.07) is 0. The number of nitrogens with zero attached hydrogens (tertiary/aromatic N) is 2. The maximum atomic E-state index is 11.6. The minimum absolute atomic E-state index is 0.000154. The Morgan fingerprint density at radius 1 is 1.45 bits per heavy atom. The topological polar surface area (TPSA) is 66.0 Å². The van der Waals surface area contributed by atoms with Crippen molar-refractivity contribution in [1.29, 1.82) is 0 Å². The molecule has 6 nitrogen and oxygen atoms in total. The van der Waals surface area contributed by atoms with Gasteiger partial charge in [0.15, 0.2) is 5.96 Å². The lowest BCUT2D eigenvalue weighted by Gasteiger charge is -2.15. The van der Waals surface area contributed by atoms with E-state index in [1.165, 1.54) is 0 Å². The van der Waals surface area contributed by atoms with Gasteiger partial charge in [-0.1, -0.05) is 0 Å². The molecule has 7 heteroatoms. The first kappa shape index (κ1) is 17.1. The lowest BCUT2D eigenvalue weighted by atomic mass is 10.1. The van der Waals surface area contributed by atoms with Crippen molar-refractivity contribution in [1.82, 2.24) is 15.5 Å². The number of ether oxygens (including phenoxy) is 1. The van der Waals surface area contributed by atoms with Crippen molar-refractivity contribution in [3.05, 3.63) is 0 Å². The molecule has 0 radical (unpaired) electrons. The molecule has 2 N–H and O–H groups in total. The highest BCUT2D eigenvalue weighted by atomic mass is 32.2. The third-order valence-electron chi connectivity index (χ3n) is 3.05. The highest BCUT2D eigenvalue weighted by Gasteiger charge is 2.15. The van der Waals surface area contributed by atoms with Crippen molar-refractivity contribution in [2.24, 2.45) is 10.9 Å². The molecule has 0 aromatic carbocycles. The van der Waals surface area contributed by atoms with Crippen molar-refractivity contribution in [2.75, 3.05) is 59.0 Å². The quantitative estimate of drug-likeness (QED) is 0.394. The highest BCUT2D eigenvalue weighted by Crippen LogP contribution is 2.10. The first-order valence-electron chi connectivity index (χ1n) is 6.92. The van der Waals surface area contributed by atoms with Gasteiger partial charge in [0.25, 0.3) is 0 Å². The second kappa shape index (κ2) is 9.88. The van der Waals surface area contributed by atoms with E-state index in [2.05, 4.69) is 21.9 Å². The zero-order valence-electron chi connectivity index (χ0n) is 12.6. The van der Waals surface area contributed by atoms with Gasteiger partial charge < -0.3 is 20.3 Å². The van der Waals surface area contributed by atoms with Gasteiger partial charge in [0.05, 0.1) is 6.61 Å². The van der Waals surface area contributed by atoms with E-state index < -0.39 is 0 Å². The van der Waals surface area contributed by atoms with E-state index in [9.17, 15) is 4.79 Å². The lowest BCUT2D eigenvalue weighted by Crippen LogP contribution is -2.41. The van der Waals surface area contributed by atoms with Crippen molar-refractivity contribution in [2.45, 2.75) is 6.42 Å². The SMILES string of the molecule is CSCCNC(=NCC(=O)N(C)C)NCC1CCOC1. The first-order chi connectivity index (χ1) is 9.63. The fourth-order valence-electron chi connectivity index (χ4n) is 1.72. The highest BCUT2D eigenvalue weighted by molar-refractivity contribution is 7.98. The molecular formula is C13H26N4O2S. The molecule has 1 amide bonds. The summed E-state index contributed by atoms with van der Waals surface area (Å²) in [4.78, 5) is 17.5. The molecule has 1 unspecified atom stereocenters. The summed E-state index contributed by atoms with van der Waals surface area (Å²) in [7, 11) is 3.48. The van der Waals surface area contributed by atoms with E-state index in [0.29, 0.717) is 11.9 Å². The minimum Gasteiger partial charge on any atom is -0.381 e. The monoisotopic (exact) mass is 302 g/mol. The molecule has 0 spiro atoms. The number of rotatable bonds is 7. The van der Waals surface area contributed by atoms with Gasteiger partial charge in [0.2, 0.25) is 5.91 Å². The Kier molecular flexibility index (Phi) is 8.45. The van der Waals surface area contributed by atoms with Crippen LogP contribution in [0.1, 0.15) is 6.42 Å². The average Bonchev–Trinajstić information content (AvgIpc) is 2.94. The van der Waals surface area contributed by atoms with Gasteiger partial charge in [-0.15, -0.1) is 0 Å². The van der Waals surface area contributed by atoms with E-state index in [-0.39, 0.29) is 12.5 Å². The molecule has 0 aromatic heterocycles. The number of amides is 1. The molecule has 0 aliphatic carbocycles. The molecule has 0 bridgehead atoms. The number of guanidine groups is 1. The van der Waals surface area contributed by atoms with Crippen LogP contribution in [0.15, 0.2) is 4.99 Å². The molecule has 1 aliphatic heterocycles. The first-order valence-corrected chi connectivity index (χ1v) is 8.32. The minimum atomic E-state index is 0.000154. The summed E-state index contributed by atoms with van der Waals surface area (Å²) in [6.45, 7) is 3.49. The maximum Gasteiger partial charge on any atom is 0.243 e. The van der Waals surface area contributed by atoms with Crippen molar-refractivity contribution in [3.63, 3.8) is 0 Å². The maximum absolute atomic E-state index is 11.6. The fraction of sp³-hybridized carbons (Fsp3) is 0.846. The van der Waals surface area contributed by atoms with Crippen LogP contribution in [0.3, 0.4) is 0 Å². The molecule has 1 atom stereocenters. The van der Waals surface area contributed by atoms with Crippen LogP contribution in [0.4, 0.5) is 0 Å². The molecule has 0 aromatic rings.